The van der Waals surface area contributed by atoms with Gasteiger partial charge in [0, 0.05) is 19.2 Å². The molecule has 2 rings (SSSR count). The summed E-state index contributed by atoms with van der Waals surface area (Å²) in [6.45, 7) is 3.02. The van der Waals surface area contributed by atoms with Gasteiger partial charge in [-0.2, -0.15) is 0 Å². The van der Waals surface area contributed by atoms with Crippen molar-refractivity contribution in [2.45, 2.75) is 18.9 Å². The van der Waals surface area contributed by atoms with E-state index in [4.69, 9.17) is 0 Å². The van der Waals surface area contributed by atoms with Crippen molar-refractivity contribution in [3.8, 4) is 17.2 Å². The zero-order valence-corrected chi connectivity index (χ0v) is 12.4. The molecule has 5 nitrogen and oxygen atoms in total. The van der Waals surface area contributed by atoms with Crippen LogP contribution in [-0.4, -0.2) is 33.5 Å². The van der Waals surface area contributed by atoms with Gasteiger partial charge in [0.25, 0.3) is 0 Å². The number of hydrogen-bond donors (Lipinski definition) is 5. The maximum Gasteiger partial charge on any atom is 0.119 e. The highest BCUT2D eigenvalue weighted by molar-refractivity contribution is 5.37. The molecule has 0 aromatic heterocycles. The molecule has 0 bridgehead atoms. The van der Waals surface area contributed by atoms with Crippen molar-refractivity contribution in [1.82, 2.24) is 5.32 Å². The van der Waals surface area contributed by atoms with Gasteiger partial charge in [0.05, 0.1) is 6.10 Å². The summed E-state index contributed by atoms with van der Waals surface area (Å²) in [5, 5.41) is 41.3. The summed E-state index contributed by atoms with van der Waals surface area (Å²) in [6.07, 6.45) is -0.815. The maximum atomic E-state index is 10.1. The smallest absolute Gasteiger partial charge is 0.119 e. The minimum Gasteiger partial charge on any atom is -0.508 e. The Morgan fingerprint density at radius 3 is 2.00 bits per heavy atom. The van der Waals surface area contributed by atoms with E-state index in [9.17, 15) is 20.4 Å². The van der Waals surface area contributed by atoms with Gasteiger partial charge in [-0.1, -0.05) is 19.1 Å². The summed E-state index contributed by atoms with van der Waals surface area (Å²) < 4.78 is 0. The molecule has 2 aromatic carbocycles. The third-order valence-corrected chi connectivity index (χ3v) is 3.56. The van der Waals surface area contributed by atoms with E-state index in [2.05, 4.69) is 5.32 Å². The fourth-order valence-electron chi connectivity index (χ4n) is 2.29. The highest BCUT2D eigenvalue weighted by Gasteiger charge is 2.11. The lowest BCUT2D eigenvalue weighted by molar-refractivity contribution is 0.173. The first kappa shape index (κ1) is 16.1. The molecule has 5 heteroatoms. The zero-order valence-electron chi connectivity index (χ0n) is 12.4. The fraction of sp³-hybridized carbons (Fsp3) is 0.294. The number of benzene rings is 2. The SMILES string of the molecule is CC(CNCC(O)c1cc(O)cc(O)c1)c1ccc(O)cc1. The molecule has 0 aliphatic heterocycles. The molecule has 118 valence electrons. The first-order valence-corrected chi connectivity index (χ1v) is 7.16. The molecule has 2 atom stereocenters. The molecule has 0 amide bonds. The average molecular weight is 303 g/mol. The van der Waals surface area contributed by atoms with Gasteiger partial charge in [0.15, 0.2) is 0 Å². The molecule has 0 aliphatic rings. The first-order valence-electron chi connectivity index (χ1n) is 7.16. The molecule has 0 spiro atoms. The van der Waals surface area contributed by atoms with Gasteiger partial charge in [-0.25, -0.2) is 0 Å². The number of nitrogens with one attached hydrogen (secondary N) is 1. The Morgan fingerprint density at radius 2 is 1.41 bits per heavy atom. The van der Waals surface area contributed by atoms with E-state index < -0.39 is 6.10 Å². The van der Waals surface area contributed by atoms with Crippen LogP contribution in [0.5, 0.6) is 17.2 Å². The van der Waals surface area contributed by atoms with E-state index in [0.717, 1.165) is 5.56 Å². The number of phenolic OH excluding ortho intramolecular Hbond substituents is 3. The highest BCUT2D eigenvalue weighted by atomic mass is 16.3. The van der Waals surface area contributed by atoms with E-state index in [1.807, 2.05) is 19.1 Å². The summed E-state index contributed by atoms with van der Waals surface area (Å²) in [7, 11) is 0. The van der Waals surface area contributed by atoms with Crippen LogP contribution in [-0.2, 0) is 0 Å². The normalized spacial score (nSPS) is 13.7. The number of aliphatic hydroxyl groups excluding tert-OH is 1. The summed E-state index contributed by atoms with van der Waals surface area (Å²) in [5.74, 6) is 0.312. The van der Waals surface area contributed by atoms with Gasteiger partial charge >= 0.3 is 0 Å². The minimum absolute atomic E-state index is 0.0773. The van der Waals surface area contributed by atoms with Crippen molar-refractivity contribution >= 4 is 0 Å². The van der Waals surface area contributed by atoms with Crippen molar-refractivity contribution < 1.29 is 20.4 Å². The van der Waals surface area contributed by atoms with Crippen molar-refractivity contribution in [3.63, 3.8) is 0 Å². The largest absolute Gasteiger partial charge is 0.508 e. The average Bonchev–Trinajstić information content (AvgIpc) is 2.46. The Bertz CT molecular complexity index is 592. The van der Waals surface area contributed by atoms with Gasteiger partial charge in [-0.15, -0.1) is 0 Å². The van der Waals surface area contributed by atoms with Gasteiger partial charge < -0.3 is 25.7 Å². The molecular weight excluding hydrogens is 282 g/mol. The lowest BCUT2D eigenvalue weighted by Crippen LogP contribution is -2.25. The zero-order chi connectivity index (χ0) is 16.1. The van der Waals surface area contributed by atoms with Crippen LogP contribution in [0.2, 0.25) is 0 Å². The molecule has 2 aromatic rings. The molecule has 5 N–H and O–H groups in total. The predicted molar refractivity (Wildman–Crippen MR) is 84.1 cm³/mol. The van der Waals surface area contributed by atoms with Crippen LogP contribution in [0.1, 0.15) is 30.1 Å². The molecule has 22 heavy (non-hydrogen) atoms. The molecule has 0 radical (unpaired) electrons. The highest BCUT2D eigenvalue weighted by Crippen LogP contribution is 2.24. The number of aromatic hydroxyl groups is 3. The second kappa shape index (κ2) is 7.15. The Kier molecular flexibility index (Phi) is 5.25. The maximum absolute atomic E-state index is 10.1. The van der Waals surface area contributed by atoms with Crippen LogP contribution in [0, 0.1) is 0 Å². The quantitative estimate of drug-likeness (QED) is 0.564. The third-order valence-electron chi connectivity index (χ3n) is 3.56. The fourth-order valence-corrected chi connectivity index (χ4v) is 2.29. The number of phenols is 3. The van der Waals surface area contributed by atoms with E-state index in [1.54, 1.807) is 12.1 Å². The Labute approximate surface area is 129 Å². The van der Waals surface area contributed by atoms with E-state index in [0.29, 0.717) is 18.7 Å². The van der Waals surface area contributed by atoms with Crippen LogP contribution >= 0.6 is 0 Å². The van der Waals surface area contributed by atoms with Crippen LogP contribution in [0.25, 0.3) is 0 Å². The lowest BCUT2D eigenvalue weighted by atomic mass is 10.0. The molecule has 2 unspecified atom stereocenters. The first-order chi connectivity index (χ1) is 10.5. The second-order valence-electron chi connectivity index (χ2n) is 5.45. The summed E-state index contributed by atoms with van der Waals surface area (Å²) in [4.78, 5) is 0. The lowest BCUT2D eigenvalue weighted by Gasteiger charge is -2.16. The van der Waals surface area contributed by atoms with Crippen LogP contribution in [0.3, 0.4) is 0 Å². The van der Waals surface area contributed by atoms with Crippen molar-refractivity contribution in [1.29, 1.82) is 0 Å². The molecule has 0 saturated carbocycles. The molecule has 0 aliphatic carbocycles. The summed E-state index contributed by atoms with van der Waals surface area (Å²) in [6, 6.07) is 11.1. The number of hydrogen-bond acceptors (Lipinski definition) is 5. The van der Waals surface area contributed by atoms with E-state index in [-0.39, 0.29) is 23.2 Å². The van der Waals surface area contributed by atoms with Gasteiger partial charge in [0.1, 0.15) is 17.2 Å². The molecular formula is C17H21NO4. The standard InChI is InChI=1S/C17H21NO4/c1-11(12-2-4-14(19)5-3-12)9-18-10-17(22)13-6-15(20)8-16(21)7-13/h2-8,11,17-22H,9-10H2,1H3. The van der Waals surface area contributed by atoms with Gasteiger partial charge in [-0.05, 0) is 41.3 Å². The van der Waals surface area contributed by atoms with Crippen LogP contribution in [0.4, 0.5) is 0 Å². The van der Waals surface area contributed by atoms with Crippen molar-refractivity contribution in [2.75, 3.05) is 13.1 Å². The van der Waals surface area contributed by atoms with Gasteiger partial charge in [0.2, 0.25) is 0 Å². The second-order valence-corrected chi connectivity index (χ2v) is 5.45. The van der Waals surface area contributed by atoms with Crippen molar-refractivity contribution in [3.05, 3.63) is 53.6 Å². The molecule has 0 heterocycles. The monoisotopic (exact) mass is 303 g/mol. The molecule has 0 saturated heterocycles. The van der Waals surface area contributed by atoms with E-state index in [1.165, 1.54) is 18.2 Å². The van der Waals surface area contributed by atoms with Crippen LogP contribution in [0.15, 0.2) is 42.5 Å². The Balaban J connectivity index is 1.86. The van der Waals surface area contributed by atoms with Gasteiger partial charge in [-0.3, -0.25) is 0 Å². The van der Waals surface area contributed by atoms with Crippen LogP contribution < -0.4 is 5.32 Å². The van der Waals surface area contributed by atoms with E-state index >= 15 is 0 Å². The topological polar surface area (TPSA) is 93.0 Å². The summed E-state index contributed by atoms with van der Waals surface area (Å²) >= 11 is 0. The third kappa shape index (κ3) is 4.38. The number of rotatable bonds is 6. The number of aliphatic hydroxyl groups is 1. The minimum atomic E-state index is -0.815. The Morgan fingerprint density at radius 1 is 0.818 bits per heavy atom. The molecule has 0 fully saturated rings. The summed E-state index contributed by atoms with van der Waals surface area (Å²) in [5.41, 5.74) is 1.55. The Hall–Kier alpha value is -2.24. The predicted octanol–water partition coefficient (Wildman–Crippen LogP) is 2.23. The van der Waals surface area contributed by atoms with Crippen molar-refractivity contribution in [2.24, 2.45) is 0 Å².